The number of benzene rings is 1. The van der Waals surface area contributed by atoms with Gasteiger partial charge in [-0.05, 0) is 81.8 Å². The minimum Gasteiger partial charge on any atom is -0.341 e. The van der Waals surface area contributed by atoms with E-state index in [1.54, 1.807) is 6.07 Å². The molecule has 1 aromatic carbocycles. The van der Waals surface area contributed by atoms with Gasteiger partial charge in [-0.3, -0.25) is 9.89 Å². The van der Waals surface area contributed by atoms with Crippen LogP contribution in [0.2, 0.25) is 0 Å². The van der Waals surface area contributed by atoms with Crippen LogP contribution in [-0.2, 0) is 6.54 Å². The highest BCUT2D eigenvalue weighted by Crippen LogP contribution is 2.34. The van der Waals surface area contributed by atoms with Gasteiger partial charge in [0.05, 0.1) is 29.3 Å². The molecular formula is C21H28FN5. The summed E-state index contributed by atoms with van der Waals surface area (Å²) >= 11 is 0. The Bertz CT molecular complexity index is 853. The van der Waals surface area contributed by atoms with Gasteiger partial charge >= 0.3 is 0 Å². The van der Waals surface area contributed by atoms with Crippen LogP contribution in [0.25, 0.3) is 11.0 Å². The maximum Gasteiger partial charge on any atom is 0.125 e. The minimum absolute atomic E-state index is 0.240. The number of rotatable bonds is 7. The Labute approximate surface area is 159 Å². The molecule has 0 amide bonds. The van der Waals surface area contributed by atoms with Crippen molar-refractivity contribution in [2.75, 3.05) is 13.1 Å². The summed E-state index contributed by atoms with van der Waals surface area (Å²) in [6, 6.07) is 5.04. The summed E-state index contributed by atoms with van der Waals surface area (Å²) in [4.78, 5) is 15.2. The summed E-state index contributed by atoms with van der Waals surface area (Å²) in [5.74, 6) is 0.645. The average Bonchev–Trinajstić information content (AvgIpc) is 3.08. The lowest BCUT2D eigenvalue weighted by Crippen LogP contribution is -2.39. The lowest BCUT2D eigenvalue weighted by molar-refractivity contribution is 0.184. The van der Waals surface area contributed by atoms with Crippen LogP contribution >= 0.6 is 0 Å². The van der Waals surface area contributed by atoms with Gasteiger partial charge in [-0.15, -0.1) is 0 Å². The first-order chi connectivity index (χ1) is 13.2. The van der Waals surface area contributed by atoms with Gasteiger partial charge in [0.15, 0.2) is 0 Å². The topological polar surface area (TPSA) is 70.3 Å². The molecule has 1 aliphatic carbocycles. The van der Waals surface area contributed by atoms with Gasteiger partial charge in [0.25, 0.3) is 0 Å². The molecule has 0 spiro atoms. The number of nitrogens with two attached hydrogens (primary N) is 1. The minimum atomic E-state index is -0.240. The maximum absolute atomic E-state index is 13.5. The van der Waals surface area contributed by atoms with E-state index in [0.29, 0.717) is 12.6 Å². The van der Waals surface area contributed by atoms with E-state index in [2.05, 4.69) is 21.1 Å². The number of unbranched alkanes of at least 4 members (excludes halogenated alkanes) is 1. The van der Waals surface area contributed by atoms with Crippen molar-refractivity contribution in [1.29, 1.82) is 0 Å². The molecule has 0 radical (unpaired) electrons. The summed E-state index contributed by atoms with van der Waals surface area (Å²) in [5.41, 5.74) is 10.1. The Hall–Kier alpha value is -2.05. The predicted octanol–water partition coefficient (Wildman–Crippen LogP) is 3.91. The first-order valence-corrected chi connectivity index (χ1v) is 10.1. The third-order valence-corrected chi connectivity index (χ3v) is 5.63. The van der Waals surface area contributed by atoms with Crippen LogP contribution in [0.4, 0.5) is 4.39 Å². The number of fused-ring (bicyclic) bond motifs is 1. The lowest BCUT2D eigenvalue weighted by atomic mass is 9.87. The standard InChI is InChI=1S/C21H28FN5/c22-16-8-9-17-18(13-16)26-20(25-17)14-27(12-2-1-10-23)19-7-3-5-15-6-4-11-24-21(15)19/h8-9,11,13,19H,1-7,10,12,14,23H2,(H,25,26). The molecule has 1 aliphatic heterocycles. The van der Waals surface area contributed by atoms with E-state index in [1.165, 1.54) is 36.2 Å². The van der Waals surface area contributed by atoms with Gasteiger partial charge in [0, 0.05) is 6.21 Å². The Kier molecular flexibility index (Phi) is 5.64. The molecule has 2 aliphatic rings. The molecule has 4 rings (SSSR count). The third kappa shape index (κ3) is 4.12. The number of imidazole rings is 1. The second-order valence-electron chi connectivity index (χ2n) is 7.56. The molecule has 144 valence electrons. The zero-order valence-corrected chi connectivity index (χ0v) is 15.8. The van der Waals surface area contributed by atoms with E-state index >= 15 is 0 Å². The molecule has 2 heterocycles. The average molecular weight is 369 g/mol. The molecule has 5 nitrogen and oxygen atoms in total. The van der Waals surface area contributed by atoms with Crippen molar-refractivity contribution >= 4 is 17.2 Å². The Morgan fingerprint density at radius 2 is 2.19 bits per heavy atom. The number of aromatic nitrogens is 2. The van der Waals surface area contributed by atoms with Crippen LogP contribution in [0.15, 0.2) is 34.5 Å². The van der Waals surface area contributed by atoms with Crippen molar-refractivity contribution in [3.63, 3.8) is 0 Å². The number of hydrogen-bond acceptors (Lipinski definition) is 4. The quantitative estimate of drug-likeness (QED) is 0.727. The number of aromatic amines is 1. The van der Waals surface area contributed by atoms with Gasteiger partial charge in [-0.2, -0.15) is 0 Å². The zero-order chi connectivity index (χ0) is 18.6. The molecule has 3 N–H and O–H groups in total. The smallest absolute Gasteiger partial charge is 0.125 e. The van der Waals surface area contributed by atoms with Gasteiger partial charge in [0.1, 0.15) is 11.6 Å². The summed E-state index contributed by atoms with van der Waals surface area (Å²) in [7, 11) is 0. The number of hydrogen-bond donors (Lipinski definition) is 2. The molecule has 0 saturated heterocycles. The van der Waals surface area contributed by atoms with Crippen molar-refractivity contribution in [2.24, 2.45) is 10.7 Å². The van der Waals surface area contributed by atoms with Crippen LogP contribution in [0.3, 0.4) is 0 Å². The Morgan fingerprint density at radius 1 is 1.26 bits per heavy atom. The molecule has 1 unspecified atom stereocenters. The molecule has 2 aromatic rings. The molecule has 6 heteroatoms. The van der Waals surface area contributed by atoms with Crippen molar-refractivity contribution in [3.05, 3.63) is 41.1 Å². The van der Waals surface area contributed by atoms with E-state index in [9.17, 15) is 4.39 Å². The molecular weight excluding hydrogens is 341 g/mol. The van der Waals surface area contributed by atoms with Crippen molar-refractivity contribution in [2.45, 2.75) is 57.5 Å². The highest BCUT2D eigenvalue weighted by Gasteiger charge is 2.29. The van der Waals surface area contributed by atoms with Gasteiger partial charge < -0.3 is 10.7 Å². The monoisotopic (exact) mass is 369 g/mol. The summed E-state index contributed by atoms with van der Waals surface area (Å²) < 4.78 is 13.5. The van der Waals surface area contributed by atoms with E-state index in [4.69, 9.17) is 10.7 Å². The first kappa shape index (κ1) is 18.3. The molecule has 27 heavy (non-hydrogen) atoms. The number of nitrogens with zero attached hydrogens (tertiary/aromatic N) is 3. The van der Waals surface area contributed by atoms with Gasteiger partial charge in [-0.1, -0.05) is 0 Å². The van der Waals surface area contributed by atoms with E-state index < -0.39 is 0 Å². The van der Waals surface area contributed by atoms with E-state index in [-0.39, 0.29) is 5.82 Å². The Morgan fingerprint density at radius 3 is 3.07 bits per heavy atom. The summed E-state index contributed by atoms with van der Waals surface area (Å²) in [6.07, 6.45) is 9.90. The number of halogens is 1. The van der Waals surface area contributed by atoms with Crippen LogP contribution in [0.5, 0.6) is 0 Å². The molecule has 0 bridgehead atoms. The first-order valence-electron chi connectivity index (χ1n) is 10.1. The normalized spacial score (nSPS) is 19.9. The second-order valence-corrected chi connectivity index (χ2v) is 7.56. The zero-order valence-electron chi connectivity index (χ0n) is 15.8. The second kappa shape index (κ2) is 8.31. The van der Waals surface area contributed by atoms with Crippen LogP contribution in [-0.4, -0.2) is 40.2 Å². The molecule has 1 aromatic heterocycles. The number of allylic oxidation sites excluding steroid dienone is 1. The summed E-state index contributed by atoms with van der Waals surface area (Å²) in [5, 5.41) is 0. The maximum atomic E-state index is 13.5. The fourth-order valence-corrected chi connectivity index (χ4v) is 4.30. The highest BCUT2D eigenvalue weighted by molar-refractivity contribution is 5.74. The number of aliphatic imine (C=N–C) groups is 1. The SMILES string of the molecule is NCCCCN(Cc1nc2ccc(F)cc2[nH]1)C1CCCC2=C1N=CCC2. The fourth-order valence-electron chi connectivity index (χ4n) is 4.30. The van der Waals surface area contributed by atoms with Gasteiger partial charge in [-0.25, -0.2) is 9.37 Å². The Balaban J connectivity index is 1.59. The lowest BCUT2D eigenvalue weighted by Gasteiger charge is -2.36. The molecule has 0 fully saturated rings. The van der Waals surface area contributed by atoms with Crippen LogP contribution in [0, 0.1) is 5.82 Å². The predicted molar refractivity (Wildman–Crippen MR) is 107 cm³/mol. The van der Waals surface area contributed by atoms with Crippen molar-refractivity contribution in [3.8, 4) is 0 Å². The highest BCUT2D eigenvalue weighted by atomic mass is 19.1. The van der Waals surface area contributed by atoms with E-state index in [0.717, 1.165) is 62.1 Å². The largest absolute Gasteiger partial charge is 0.341 e. The third-order valence-electron chi connectivity index (χ3n) is 5.63. The van der Waals surface area contributed by atoms with Crippen LogP contribution < -0.4 is 5.73 Å². The number of H-pyrrole nitrogens is 1. The molecule has 0 saturated carbocycles. The van der Waals surface area contributed by atoms with E-state index in [1.807, 2.05) is 0 Å². The fraction of sp³-hybridized carbons (Fsp3) is 0.524. The van der Waals surface area contributed by atoms with Crippen molar-refractivity contribution < 1.29 is 4.39 Å². The summed E-state index contributed by atoms with van der Waals surface area (Å²) in [6.45, 7) is 2.41. The van der Waals surface area contributed by atoms with Gasteiger partial charge in [0.2, 0.25) is 0 Å². The van der Waals surface area contributed by atoms with Crippen LogP contribution in [0.1, 0.15) is 50.8 Å². The van der Waals surface area contributed by atoms with Crippen molar-refractivity contribution in [1.82, 2.24) is 14.9 Å². The molecule has 1 atom stereocenters. The number of nitrogens with one attached hydrogen (secondary N) is 1.